The summed E-state index contributed by atoms with van der Waals surface area (Å²) in [6.45, 7) is 5.30. The molecule has 178 valence electrons. The van der Waals surface area contributed by atoms with Crippen LogP contribution in [0.2, 0.25) is 0 Å². The zero-order valence-electron chi connectivity index (χ0n) is 20.5. The minimum Gasteiger partial charge on any atom is -0.462 e. The Kier molecular flexibility index (Phi) is 16.8. The Morgan fingerprint density at radius 2 is 1.38 bits per heavy atom. The summed E-state index contributed by atoms with van der Waals surface area (Å²) in [7, 11) is 0. The summed E-state index contributed by atoms with van der Waals surface area (Å²) in [6, 6.07) is 1.89. The molecule has 1 aliphatic heterocycles. The van der Waals surface area contributed by atoms with Crippen molar-refractivity contribution in [3.05, 3.63) is 47.9 Å². The van der Waals surface area contributed by atoms with Crippen LogP contribution >= 0.6 is 0 Å². The first-order valence-electron chi connectivity index (χ1n) is 12.8. The second-order valence-electron chi connectivity index (χ2n) is 8.54. The zero-order chi connectivity index (χ0) is 23.3. The van der Waals surface area contributed by atoms with Crippen molar-refractivity contribution in [2.24, 2.45) is 0 Å². The van der Waals surface area contributed by atoms with Gasteiger partial charge >= 0.3 is 5.97 Å². The maximum atomic E-state index is 11.6. The van der Waals surface area contributed by atoms with Crippen LogP contribution in [0.5, 0.6) is 0 Å². The molecule has 0 amide bonds. The van der Waals surface area contributed by atoms with Gasteiger partial charge in [0.1, 0.15) is 11.6 Å². The highest BCUT2D eigenvalue weighted by Gasteiger charge is 2.08. The molecule has 4 nitrogen and oxygen atoms in total. The largest absolute Gasteiger partial charge is 0.462 e. The Balaban J connectivity index is 2.05. The highest BCUT2D eigenvalue weighted by atomic mass is 16.5. The predicted octanol–water partition coefficient (Wildman–Crippen LogP) is 7.75. The number of esters is 1. The lowest BCUT2D eigenvalue weighted by Gasteiger charge is -2.18. The Labute approximate surface area is 196 Å². The van der Waals surface area contributed by atoms with E-state index in [1.807, 2.05) is 18.2 Å². The number of rotatable bonds is 18. The van der Waals surface area contributed by atoms with Gasteiger partial charge in [-0.3, -0.25) is 0 Å². The van der Waals surface area contributed by atoms with Crippen molar-refractivity contribution in [2.45, 2.75) is 104 Å². The van der Waals surface area contributed by atoms with Crippen molar-refractivity contribution in [1.29, 1.82) is 5.26 Å². The normalized spacial score (nSPS) is 13.3. The molecule has 0 spiro atoms. The van der Waals surface area contributed by atoms with E-state index in [1.165, 1.54) is 96.0 Å². The summed E-state index contributed by atoms with van der Waals surface area (Å²) in [4.78, 5) is 13.8. The van der Waals surface area contributed by atoms with Crippen LogP contribution < -0.4 is 0 Å². The van der Waals surface area contributed by atoms with Crippen molar-refractivity contribution < 1.29 is 9.53 Å². The van der Waals surface area contributed by atoms with Gasteiger partial charge in [0.25, 0.3) is 0 Å². The van der Waals surface area contributed by atoms with Gasteiger partial charge in [0.05, 0.1) is 6.61 Å². The first kappa shape index (κ1) is 27.8. The third-order valence-electron chi connectivity index (χ3n) is 5.75. The fourth-order valence-electron chi connectivity index (χ4n) is 3.76. The molecule has 0 N–H and O–H groups in total. The summed E-state index contributed by atoms with van der Waals surface area (Å²) in [5.41, 5.74) is 0.977. The van der Waals surface area contributed by atoms with Crippen molar-refractivity contribution in [2.75, 3.05) is 13.2 Å². The van der Waals surface area contributed by atoms with E-state index in [4.69, 9.17) is 10.00 Å². The molecule has 1 aliphatic rings. The molecule has 1 heterocycles. The number of hydrogen-bond acceptors (Lipinski definition) is 4. The Morgan fingerprint density at radius 3 is 1.84 bits per heavy atom. The van der Waals surface area contributed by atoms with Crippen molar-refractivity contribution in [1.82, 2.24) is 4.90 Å². The number of carbonyl (C=O) groups is 1. The van der Waals surface area contributed by atoms with Crippen molar-refractivity contribution in [3.8, 4) is 6.07 Å². The van der Waals surface area contributed by atoms with Crippen LogP contribution in [0, 0.1) is 11.3 Å². The minimum atomic E-state index is -0.574. The molecule has 0 aromatic rings. The van der Waals surface area contributed by atoms with Crippen molar-refractivity contribution >= 4 is 5.97 Å². The number of unbranched alkanes of at least 4 members (excludes halogenated alkanes) is 13. The van der Waals surface area contributed by atoms with Gasteiger partial charge < -0.3 is 9.64 Å². The van der Waals surface area contributed by atoms with E-state index < -0.39 is 5.97 Å². The topological polar surface area (TPSA) is 53.3 Å². The van der Waals surface area contributed by atoms with Crippen LogP contribution in [-0.4, -0.2) is 24.0 Å². The molecule has 0 atom stereocenters. The molecule has 0 aromatic heterocycles. The average Bonchev–Trinajstić information content (AvgIpc) is 2.81. The summed E-state index contributed by atoms with van der Waals surface area (Å²) in [5.74, 6) is -0.574. The van der Waals surface area contributed by atoms with Crippen LogP contribution in [0.25, 0.3) is 0 Å². The molecule has 0 aromatic carbocycles. The molecule has 0 aliphatic carbocycles. The number of allylic oxidation sites excluding steroid dienone is 5. The van der Waals surface area contributed by atoms with E-state index in [9.17, 15) is 4.79 Å². The van der Waals surface area contributed by atoms with Crippen LogP contribution in [0.3, 0.4) is 0 Å². The zero-order valence-corrected chi connectivity index (χ0v) is 20.5. The van der Waals surface area contributed by atoms with Crippen LogP contribution in [0.1, 0.15) is 104 Å². The predicted molar refractivity (Wildman–Crippen MR) is 134 cm³/mol. The lowest BCUT2D eigenvalue weighted by molar-refractivity contribution is -0.138. The van der Waals surface area contributed by atoms with Gasteiger partial charge in [-0.25, -0.2) is 4.79 Å². The molecule has 1 rings (SSSR count). The van der Waals surface area contributed by atoms with Crippen molar-refractivity contribution in [3.63, 3.8) is 0 Å². The van der Waals surface area contributed by atoms with E-state index in [1.54, 1.807) is 13.0 Å². The van der Waals surface area contributed by atoms with Crippen LogP contribution in [-0.2, 0) is 9.53 Å². The third-order valence-corrected chi connectivity index (χ3v) is 5.75. The molecule has 0 bridgehead atoms. The number of nitriles is 1. The Morgan fingerprint density at radius 1 is 0.875 bits per heavy atom. The molecular formula is C28H44N2O2. The number of hydrogen-bond donors (Lipinski definition) is 0. The van der Waals surface area contributed by atoms with Crippen LogP contribution in [0.15, 0.2) is 47.9 Å². The number of carbonyl (C=O) groups excluding carboxylic acids is 1. The van der Waals surface area contributed by atoms with Gasteiger partial charge in [-0.1, -0.05) is 96.5 Å². The average molecular weight is 441 g/mol. The third kappa shape index (κ3) is 13.9. The maximum absolute atomic E-state index is 11.6. The monoisotopic (exact) mass is 440 g/mol. The number of ether oxygens (including phenoxy) is 1. The Hall–Kier alpha value is -2.28. The highest BCUT2D eigenvalue weighted by Crippen LogP contribution is 2.15. The number of nitrogens with zero attached hydrogens (tertiary/aromatic N) is 2. The summed E-state index contributed by atoms with van der Waals surface area (Å²) in [5, 5.41) is 9.06. The lowest BCUT2D eigenvalue weighted by atomic mass is 10.0. The first-order chi connectivity index (χ1) is 15.7. The summed E-state index contributed by atoms with van der Waals surface area (Å²) >= 11 is 0. The molecule has 32 heavy (non-hydrogen) atoms. The molecular weight excluding hydrogens is 396 g/mol. The van der Waals surface area contributed by atoms with Gasteiger partial charge in [-0.15, -0.1) is 0 Å². The quantitative estimate of drug-likeness (QED) is 0.0946. The van der Waals surface area contributed by atoms with Gasteiger partial charge in [-0.2, -0.15) is 5.26 Å². The van der Waals surface area contributed by atoms with E-state index in [0.29, 0.717) is 0 Å². The molecule has 0 saturated carbocycles. The van der Waals surface area contributed by atoms with E-state index >= 15 is 0 Å². The second kappa shape index (κ2) is 19.4. The first-order valence-corrected chi connectivity index (χ1v) is 12.8. The molecule has 0 radical (unpaired) electrons. The standard InChI is InChI=1S/C28H44N2O2/c1-3-5-6-7-8-9-10-11-12-13-14-15-16-17-22-30-23-20-26(21-24-30)18-19-27(25-29)28(31)32-4-2/h18-21,23-24H,3-17,22H2,1-2H3/b27-19+. The van der Waals surface area contributed by atoms with Gasteiger partial charge in [0.15, 0.2) is 0 Å². The Bertz CT molecular complexity index is 651. The SMILES string of the molecule is CCCCCCCCCCCCCCCCN1C=CC(=C/C=C(\C#N)C(=O)OCC)C=C1. The summed E-state index contributed by atoms with van der Waals surface area (Å²) < 4.78 is 4.86. The molecule has 0 fully saturated rings. The molecule has 0 unspecified atom stereocenters. The smallest absolute Gasteiger partial charge is 0.348 e. The minimum absolute atomic E-state index is 0.0194. The lowest BCUT2D eigenvalue weighted by Crippen LogP contribution is -2.13. The highest BCUT2D eigenvalue weighted by molar-refractivity contribution is 5.93. The molecule has 4 heteroatoms. The van der Waals surface area contributed by atoms with Gasteiger partial charge in [0, 0.05) is 18.9 Å². The van der Waals surface area contributed by atoms with Gasteiger partial charge in [-0.05, 0) is 37.1 Å². The van der Waals surface area contributed by atoms with E-state index in [2.05, 4.69) is 24.2 Å². The fraction of sp³-hybridized carbons (Fsp3) is 0.643. The van der Waals surface area contributed by atoms with Gasteiger partial charge in [0.2, 0.25) is 0 Å². The molecule has 0 saturated heterocycles. The van der Waals surface area contributed by atoms with E-state index in [-0.39, 0.29) is 12.2 Å². The fourth-order valence-corrected chi connectivity index (χ4v) is 3.76. The van der Waals surface area contributed by atoms with Crippen LogP contribution in [0.4, 0.5) is 0 Å². The summed E-state index contributed by atoms with van der Waals surface area (Å²) in [6.07, 6.45) is 30.7. The maximum Gasteiger partial charge on any atom is 0.348 e. The van der Waals surface area contributed by atoms with E-state index in [0.717, 1.165) is 12.1 Å². The second-order valence-corrected chi connectivity index (χ2v) is 8.54.